The Morgan fingerprint density at radius 3 is 2.71 bits per heavy atom. The number of nitrogens with zero attached hydrogens (tertiary/aromatic N) is 1. The molecule has 3 heteroatoms. The number of piperidine rings is 1. The van der Waals surface area contributed by atoms with Crippen molar-refractivity contribution in [3.05, 3.63) is 29.8 Å². The quantitative estimate of drug-likeness (QED) is 0.896. The largest absolute Gasteiger partial charge is 0.491 e. The minimum Gasteiger partial charge on any atom is -0.491 e. The molecule has 1 N–H and O–H groups in total. The normalized spacial score (nSPS) is 25.0. The standard InChI is InChI=1S/C18H30N2O/c1-13(2)21-18-8-6-7-16(12-18)15(4)19-17-9-10-20(5)14(3)11-17/h6-8,12-15,17,19H,9-11H2,1-5H3. The van der Waals surface area contributed by atoms with Crippen molar-refractivity contribution in [3.8, 4) is 5.75 Å². The van der Waals surface area contributed by atoms with Gasteiger partial charge in [-0.1, -0.05) is 12.1 Å². The first-order chi connectivity index (χ1) is 9.95. The van der Waals surface area contributed by atoms with E-state index in [-0.39, 0.29) is 6.10 Å². The molecule has 1 aliphatic heterocycles. The monoisotopic (exact) mass is 290 g/mol. The van der Waals surface area contributed by atoms with Gasteiger partial charge in [-0.05, 0) is 71.8 Å². The van der Waals surface area contributed by atoms with Gasteiger partial charge in [0.1, 0.15) is 5.75 Å². The lowest BCUT2D eigenvalue weighted by Gasteiger charge is -2.36. The molecule has 3 nitrogen and oxygen atoms in total. The van der Waals surface area contributed by atoms with Crippen LogP contribution in [0, 0.1) is 0 Å². The first kappa shape index (κ1) is 16.3. The summed E-state index contributed by atoms with van der Waals surface area (Å²) >= 11 is 0. The summed E-state index contributed by atoms with van der Waals surface area (Å²) in [5.74, 6) is 0.966. The van der Waals surface area contributed by atoms with Gasteiger partial charge in [0.25, 0.3) is 0 Å². The second kappa shape index (κ2) is 7.28. The molecule has 3 unspecified atom stereocenters. The predicted octanol–water partition coefficient (Wildman–Crippen LogP) is 3.61. The highest BCUT2D eigenvalue weighted by Gasteiger charge is 2.23. The molecule has 21 heavy (non-hydrogen) atoms. The van der Waals surface area contributed by atoms with Gasteiger partial charge in [0.15, 0.2) is 0 Å². The summed E-state index contributed by atoms with van der Waals surface area (Å²) in [5.41, 5.74) is 1.31. The van der Waals surface area contributed by atoms with Crippen LogP contribution in [0.3, 0.4) is 0 Å². The van der Waals surface area contributed by atoms with Gasteiger partial charge in [0.05, 0.1) is 6.10 Å². The Morgan fingerprint density at radius 2 is 2.05 bits per heavy atom. The van der Waals surface area contributed by atoms with Crippen molar-refractivity contribution < 1.29 is 4.74 Å². The zero-order valence-corrected chi connectivity index (χ0v) is 14.1. The minimum atomic E-state index is 0.221. The van der Waals surface area contributed by atoms with Gasteiger partial charge in [-0.15, -0.1) is 0 Å². The average molecular weight is 290 g/mol. The van der Waals surface area contributed by atoms with E-state index in [0.29, 0.717) is 18.1 Å². The lowest BCUT2D eigenvalue weighted by atomic mass is 9.97. The summed E-state index contributed by atoms with van der Waals surface area (Å²) in [4.78, 5) is 2.44. The third kappa shape index (κ3) is 4.72. The number of nitrogens with one attached hydrogen (secondary N) is 1. The molecule has 1 aromatic rings. The maximum Gasteiger partial charge on any atom is 0.120 e. The molecule has 1 fully saturated rings. The Hall–Kier alpha value is -1.06. The fraction of sp³-hybridized carbons (Fsp3) is 0.667. The molecular weight excluding hydrogens is 260 g/mol. The summed E-state index contributed by atoms with van der Waals surface area (Å²) in [5, 5.41) is 3.78. The lowest BCUT2D eigenvalue weighted by molar-refractivity contribution is 0.163. The number of benzene rings is 1. The van der Waals surface area contributed by atoms with E-state index in [4.69, 9.17) is 4.74 Å². The van der Waals surface area contributed by atoms with Crippen molar-refractivity contribution in [2.45, 2.75) is 64.8 Å². The molecule has 1 aromatic carbocycles. The number of rotatable bonds is 5. The van der Waals surface area contributed by atoms with Crippen molar-refractivity contribution in [2.24, 2.45) is 0 Å². The summed E-state index contributed by atoms with van der Waals surface area (Å²) in [7, 11) is 2.22. The van der Waals surface area contributed by atoms with Gasteiger partial charge in [-0.2, -0.15) is 0 Å². The van der Waals surface area contributed by atoms with Gasteiger partial charge in [0, 0.05) is 18.1 Å². The van der Waals surface area contributed by atoms with Crippen molar-refractivity contribution in [1.82, 2.24) is 10.2 Å². The molecule has 0 amide bonds. The van der Waals surface area contributed by atoms with Gasteiger partial charge >= 0.3 is 0 Å². The summed E-state index contributed by atoms with van der Waals surface area (Å²) in [6.45, 7) is 9.87. The molecule has 2 rings (SSSR count). The van der Waals surface area contributed by atoms with Gasteiger partial charge in [0.2, 0.25) is 0 Å². The van der Waals surface area contributed by atoms with E-state index in [9.17, 15) is 0 Å². The van der Waals surface area contributed by atoms with Crippen LogP contribution in [0.4, 0.5) is 0 Å². The molecule has 0 radical (unpaired) electrons. The first-order valence-electron chi connectivity index (χ1n) is 8.18. The maximum absolute atomic E-state index is 5.79. The second-order valence-electron chi connectivity index (χ2n) is 6.68. The molecule has 1 aliphatic rings. The zero-order valence-electron chi connectivity index (χ0n) is 14.1. The number of hydrogen-bond donors (Lipinski definition) is 1. The van der Waals surface area contributed by atoms with Crippen molar-refractivity contribution in [3.63, 3.8) is 0 Å². The third-order valence-electron chi connectivity index (χ3n) is 4.42. The van der Waals surface area contributed by atoms with E-state index < -0.39 is 0 Å². The van der Waals surface area contributed by atoms with Crippen molar-refractivity contribution >= 4 is 0 Å². The first-order valence-corrected chi connectivity index (χ1v) is 8.18. The summed E-state index contributed by atoms with van der Waals surface area (Å²) in [6.07, 6.45) is 2.68. The molecule has 0 aromatic heterocycles. The molecule has 0 bridgehead atoms. The van der Waals surface area contributed by atoms with Crippen LogP contribution in [-0.2, 0) is 0 Å². The average Bonchev–Trinajstić information content (AvgIpc) is 2.42. The Morgan fingerprint density at radius 1 is 1.29 bits per heavy atom. The van der Waals surface area contributed by atoms with Crippen LogP contribution in [0.25, 0.3) is 0 Å². The Labute approximate surface area is 129 Å². The molecule has 0 spiro atoms. The number of ether oxygens (including phenoxy) is 1. The van der Waals surface area contributed by atoms with E-state index in [1.807, 2.05) is 6.07 Å². The topological polar surface area (TPSA) is 24.5 Å². The maximum atomic E-state index is 5.79. The minimum absolute atomic E-state index is 0.221. The fourth-order valence-electron chi connectivity index (χ4n) is 3.02. The smallest absolute Gasteiger partial charge is 0.120 e. The van der Waals surface area contributed by atoms with E-state index in [2.05, 4.69) is 63.2 Å². The Balaban J connectivity index is 1.95. The summed E-state index contributed by atoms with van der Waals surface area (Å²) < 4.78 is 5.79. The van der Waals surface area contributed by atoms with Crippen LogP contribution in [-0.4, -0.2) is 36.7 Å². The lowest BCUT2D eigenvalue weighted by Crippen LogP contribution is -2.46. The van der Waals surface area contributed by atoms with Gasteiger partial charge < -0.3 is 15.0 Å². The van der Waals surface area contributed by atoms with Crippen molar-refractivity contribution in [2.75, 3.05) is 13.6 Å². The van der Waals surface area contributed by atoms with Gasteiger partial charge in [-0.3, -0.25) is 0 Å². The second-order valence-corrected chi connectivity index (χ2v) is 6.68. The predicted molar refractivity (Wildman–Crippen MR) is 88.9 cm³/mol. The van der Waals surface area contributed by atoms with Crippen LogP contribution in [0.5, 0.6) is 5.75 Å². The van der Waals surface area contributed by atoms with E-state index >= 15 is 0 Å². The van der Waals surface area contributed by atoms with Crippen LogP contribution >= 0.6 is 0 Å². The van der Waals surface area contributed by atoms with E-state index in [0.717, 1.165) is 5.75 Å². The molecule has 0 aliphatic carbocycles. The van der Waals surface area contributed by atoms with Crippen LogP contribution in [0.15, 0.2) is 24.3 Å². The zero-order chi connectivity index (χ0) is 15.4. The molecule has 118 valence electrons. The fourth-order valence-corrected chi connectivity index (χ4v) is 3.02. The van der Waals surface area contributed by atoms with Gasteiger partial charge in [-0.25, -0.2) is 0 Å². The Kier molecular flexibility index (Phi) is 5.65. The van der Waals surface area contributed by atoms with Crippen molar-refractivity contribution in [1.29, 1.82) is 0 Å². The third-order valence-corrected chi connectivity index (χ3v) is 4.42. The number of likely N-dealkylation sites (tertiary alicyclic amines) is 1. The SMILES string of the molecule is CC(C)Oc1cccc(C(C)NC2CCN(C)C(C)C2)c1. The van der Waals surface area contributed by atoms with Crippen LogP contribution < -0.4 is 10.1 Å². The Bertz CT molecular complexity index is 447. The molecule has 3 atom stereocenters. The molecular formula is C18H30N2O. The summed E-state index contributed by atoms with van der Waals surface area (Å²) in [6, 6.07) is 10.1. The molecule has 1 heterocycles. The van der Waals surface area contributed by atoms with Crippen LogP contribution in [0.1, 0.15) is 52.1 Å². The highest BCUT2D eigenvalue weighted by Crippen LogP contribution is 2.23. The molecule has 1 saturated heterocycles. The number of hydrogen-bond acceptors (Lipinski definition) is 3. The van der Waals surface area contributed by atoms with E-state index in [1.54, 1.807) is 0 Å². The highest BCUT2D eigenvalue weighted by molar-refractivity contribution is 5.30. The van der Waals surface area contributed by atoms with E-state index in [1.165, 1.54) is 24.9 Å². The van der Waals surface area contributed by atoms with Crippen LogP contribution in [0.2, 0.25) is 0 Å². The molecule has 0 saturated carbocycles. The highest BCUT2D eigenvalue weighted by atomic mass is 16.5.